The van der Waals surface area contributed by atoms with Crippen molar-refractivity contribution in [3.05, 3.63) is 0 Å². The SMILES string of the molecule is CCCC(O)CNC(=O)C1CSC(=O)N1. The topological polar surface area (TPSA) is 78.4 Å². The molecule has 1 fully saturated rings. The lowest BCUT2D eigenvalue weighted by atomic mass is 10.2. The van der Waals surface area contributed by atoms with Gasteiger partial charge in [-0.2, -0.15) is 0 Å². The van der Waals surface area contributed by atoms with Gasteiger partial charge in [0, 0.05) is 12.3 Å². The van der Waals surface area contributed by atoms with Gasteiger partial charge in [-0.1, -0.05) is 25.1 Å². The zero-order valence-corrected chi connectivity index (χ0v) is 9.47. The van der Waals surface area contributed by atoms with Gasteiger partial charge < -0.3 is 15.7 Å². The summed E-state index contributed by atoms with van der Waals surface area (Å²) in [6.07, 6.45) is 1.06. The van der Waals surface area contributed by atoms with Crippen LogP contribution in [0.2, 0.25) is 0 Å². The third-order valence-corrected chi connectivity index (χ3v) is 3.00. The van der Waals surface area contributed by atoms with Crippen molar-refractivity contribution in [1.29, 1.82) is 0 Å². The Morgan fingerprint density at radius 2 is 2.53 bits per heavy atom. The van der Waals surface area contributed by atoms with E-state index in [2.05, 4.69) is 10.6 Å². The summed E-state index contributed by atoms with van der Waals surface area (Å²) in [5, 5.41) is 14.4. The first-order valence-electron chi connectivity index (χ1n) is 5.02. The first-order chi connectivity index (χ1) is 7.13. The first-order valence-corrected chi connectivity index (χ1v) is 6.01. The van der Waals surface area contributed by atoms with Gasteiger partial charge >= 0.3 is 0 Å². The van der Waals surface area contributed by atoms with E-state index in [4.69, 9.17) is 0 Å². The van der Waals surface area contributed by atoms with Gasteiger partial charge in [0.1, 0.15) is 6.04 Å². The fraction of sp³-hybridized carbons (Fsp3) is 0.778. The monoisotopic (exact) mass is 232 g/mol. The van der Waals surface area contributed by atoms with Gasteiger partial charge in [-0.15, -0.1) is 0 Å². The highest BCUT2D eigenvalue weighted by atomic mass is 32.2. The van der Waals surface area contributed by atoms with Gasteiger partial charge in [-0.25, -0.2) is 0 Å². The molecule has 0 radical (unpaired) electrons. The molecule has 0 spiro atoms. The molecule has 0 aromatic carbocycles. The van der Waals surface area contributed by atoms with E-state index in [9.17, 15) is 14.7 Å². The first kappa shape index (κ1) is 12.3. The number of amides is 2. The molecule has 0 aromatic heterocycles. The summed E-state index contributed by atoms with van der Waals surface area (Å²) in [7, 11) is 0. The molecule has 1 saturated heterocycles. The lowest BCUT2D eigenvalue weighted by Crippen LogP contribution is -2.45. The Hall–Kier alpha value is -0.750. The van der Waals surface area contributed by atoms with Gasteiger partial charge in [0.15, 0.2) is 0 Å². The van der Waals surface area contributed by atoms with Crippen molar-refractivity contribution in [2.24, 2.45) is 0 Å². The van der Waals surface area contributed by atoms with Crippen LogP contribution in [0, 0.1) is 0 Å². The van der Waals surface area contributed by atoms with Crippen molar-refractivity contribution >= 4 is 22.9 Å². The molecule has 1 rings (SSSR count). The molecule has 86 valence electrons. The highest BCUT2D eigenvalue weighted by Gasteiger charge is 2.27. The van der Waals surface area contributed by atoms with Crippen LogP contribution in [0.3, 0.4) is 0 Å². The van der Waals surface area contributed by atoms with Crippen molar-refractivity contribution in [1.82, 2.24) is 10.6 Å². The highest BCUT2D eigenvalue weighted by Crippen LogP contribution is 2.12. The molecule has 6 heteroatoms. The largest absolute Gasteiger partial charge is 0.391 e. The molecule has 5 nitrogen and oxygen atoms in total. The standard InChI is InChI=1S/C9H16N2O3S/c1-2-3-6(12)4-10-8(13)7-5-15-9(14)11-7/h6-7,12H,2-5H2,1H3,(H,10,13)(H,11,14). The molecular weight excluding hydrogens is 216 g/mol. The van der Waals surface area contributed by atoms with Crippen molar-refractivity contribution in [3.8, 4) is 0 Å². The molecule has 1 heterocycles. The van der Waals surface area contributed by atoms with Crippen LogP contribution in [0.25, 0.3) is 0 Å². The summed E-state index contributed by atoms with van der Waals surface area (Å²) in [5.74, 6) is 0.248. The molecule has 0 aliphatic carbocycles. The summed E-state index contributed by atoms with van der Waals surface area (Å²) in [6, 6.07) is -0.448. The number of carbonyl (C=O) groups excluding carboxylic acids is 2. The Labute approximate surface area is 93.0 Å². The molecule has 2 atom stereocenters. The smallest absolute Gasteiger partial charge is 0.279 e. The van der Waals surface area contributed by atoms with E-state index in [1.54, 1.807) is 0 Å². The third kappa shape index (κ3) is 4.09. The number of hydrogen-bond acceptors (Lipinski definition) is 4. The van der Waals surface area contributed by atoms with E-state index in [1.165, 1.54) is 0 Å². The quantitative estimate of drug-likeness (QED) is 0.627. The maximum atomic E-state index is 11.4. The molecule has 0 bridgehead atoms. The van der Waals surface area contributed by atoms with Crippen molar-refractivity contribution in [3.63, 3.8) is 0 Å². The van der Waals surface area contributed by atoms with Gasteiger partial charge in [0.25, 0.3) is 5.24 Å². The van der Waals surface area contributed by atoms with Crippen molar-refractivity contribution < 1.29 is 14.7 Å². The van der Waals surface area contributed by atoms with Gasteiger partial charge in [-0.05, 0) is 6.42 Å². The number of hydrogen-bond donors (Lipinski definition) is 3. The second kappa shape index (κ2) is 5.97. The predicted octanol–water partition coefficient (Wildman–Crippen LogP) is 0.0886. The summed E-state index contributed by atoms with van der Waals surface area (Å²) in [6.45, 7) is 2.22. The minimum atomic E-state index is -0.497. The summed E-state index contributed by atoms with van der Waals surface area (Å²) in [5.41, 5.74) is 0. The molecule has 2 amide bonds. The Balaban J connectivity index is 2.21. The highest BCUT2D eigenvalue weighted by molar-refractivity contribution is 8.14. The average Bonchev–Trinajstić information content (AvgIpc) is 2.62. The van der Waals surface area contributed by atoms with E-state index >= 15 is 0 Å². The van der Waals surface area contributed by atoms with Crippen LogP contribution in [-0.2, 0) is 4.79 Å². The van der Waals surface area contributed by atoms with Crippen LogP contribution in [0.4, 0.5) is 4.79 Å². The molecule has 1 aliphatic heterocycles. The Morgan fingerprint density at radius 1 is 1.80 bits per heavy atom. The Kier molecular flexibility index (Phi) is 4.90. The van der Waals surface area contributed by atoms with Gasteiger partial charge in [0.2, 0.25) is 5.91 Å². The average molecular weight is 232 g/mol. The fourth-order valence-electron chi connectivity index (χ4n) is 1.30. The van der Waals surface area contributed by atoms with Crippen LogP contribution in [-0.4, -0.2) is 40.7 Å². The van der Waals surface area contributed by atoms with E-state index < -0.39 is 12.1 Å². The van der Waals surface area contributed by atoms with E-state index in [0.717, 1.165) is 18.2 Å². The number of nitrogens with one attached hydrogen (secondary N) is 2. The number of carbonyl (C=O) groups is 2. The molecule has 0 saturated carbocycles. The molecule has 0 aromatic rings. The molecule has 15 heavy (non-hydrogen) atoms. The van der Waals surface area contributed by atoms with Crippen LogP contribution < -0.4 is 10.6 Å². The minimum Gasteiger partial charge on any atom is -0.391 e. The van der Waals surface area contributed by atoms with Crippen LogP contribution in [0.5, 0.6) is 0 Å². The second-order valence-corrected chi connectivity index (χ2v) is 4.48. The lowest BCUT2D eigenvalue weighted by molar-refractivity contribution is -0.122. The normalized spacial score (nSPS) is 22.3. The maximum Gasteiger partial charge on any atom is 0.279 e. The molecule has 3 N–H and O–H groups in total. The zero-order chi connectivity index (χ0) is 11.3. The Bertz CT molecular complexity index is 248. The number of rotatable bonds is 5. The van der Waals surface area contributed by atoms with Crippen LogP contribution in [0.1, 0.15) is 19.8 Å². The van der Waals surface area contributed by atoms with Crippen molar-refractivity contribution in [2.45, 2.75) is 31.9 Å². The third-order valence-electron chi connectivity index (χ3n) is 2.12. The van der Waals surface area contributed by atoms with Crippen LogP contribution >= 0.6 is 11.8 Å². The Morgan fingerprint density at radius 3 is 3.07 bits per heavy atom. The van der Waals surface area contributed by atoms with Crippen LogP contribution in [0.15, 0.2) is 0 Å². The minimum absolute atomic E-state index is 0.163. The van der Waals surface area contributed by atoms with Crippen molar-refractivity contribution in [2.75, 3.05) is 12.3 Å². The van der Waals surface area contributed by atoms with E-state index in [-0.39, 0.29) is 17.7 Å². The summed E-state index contributed by atoms with van der Waals surface area (Å²) in [4.78, 5) is 22.3. The number of aliphatic hydroxyl groups excluding tert-OH is 1. The summed E-state index contributed by atoms with van der Waals surface area (Å²) < 4.78 is 0. The molecule has 1 aliphatic rings. The van der Waals surface area contributed by atoms with E-state index in [0.29, 0.717) is 12.2 Å². The zero-order valence-electron chi connectivity index (χ0n) is 8.66. The molecular formula is C9H16N2O3S. The lowest BCUT2D eigenvalue weighted by Gasteiger charge is -2.13. The fourth-order valence-corrected chi connectivity index (χ4v) is 2.08. The number of thioether (sulfide) groups is 1. The molecule has 2 unspecified atom stereocenters. The number of aliphatic hydroxyl groups is 1. The predicted molar refractivity (Wildman–Crippen MR) is 58.7 cm³/mol. The maximum absolute atomic E-state index is 11.4. The summed E-state index contributed by atoms with van der Waals surface area (Å²) >= 11 is 1.10. The van der Waals surface area contributed by atoms with E-state index in [1.807, 2.05) is 6.92 Å². The second-order valence-electron chi connectivity index (χ2n) is 3.48. The van der Waals surface area contributed by atoms with Gasteiger partial charge in [-0.3, -0.25) is 9.59 Å². The van der Waals surface area contributed by atoms with Gasteiger partial charge in [0.05, 0.1) is 6.10 Å².